The molecular weight excluding hydrogens is 530 g/mol. The number of benzene rings is 7. The molecular formula is C43H33N. The molecule has 0 saturated heterocycles. The monoisotopic (exact) mass is 563 g/mol. The van der Waals surface area contributed by atoms with Gasteiger partial charge in [0.2, 0.25) is 0 Å². The van der Waals surface area contributed by atoms with Crippen LogP contribution in [-0.4, -0.2) is 0 Å². The second kappa shape index (κ2) is 10.4. The molecule has 0 unspecified atom stereocenters. The fourth-order valence-electron chi connectivity index (χ4n) is 6.95. The molecule has 0 saturated carbocycles. The van der Waals surface area contributed by atoms with E-state index in [4.69, 9.17) is 0 Å². The Morgan fingerprint density at radius 1 is 0.409 bits per heavy atom. The van der Waals surface area contributed by atoms with Gasteiger partial charge in [0.25, 0.3) is 0 Å². The number of anilines is 3. The fraction of sp³-hybridized carbons (Fsp3) is 0.0698. The highest BCUT2D eigenvalue weighted by Crippen LogP contribution is 2.51. The van der Waals surface area contributed by atoms with Gasteiger partial charge in [-0.25, -0.2) is 0 Å². The standard InChI is InChI=1S/C43H33N/c1-43(2)40-18-10-9-17-37(40)39-28-34-16-11-19-42(38(34)29-41(39)43)44(35-24-20-32(21-25-35)30-12-5-3-6-13-30)36-26-22-33(23-27-36)31-14-7-4-8-15-31/h3-29H,1-2H3. The van der Waals surface area contributed by atoms with Crippen molar-refractivity contribution in [1.29, 1.82) is 0 Å². The van der Waals surface area contributed by atoms with Crippen LogP contribution in [0.1, 0.15) is 25.0 Å². The molecule has 0 spiro atoms. The van der Waals surface area contributed by atoms with E-state index >= 15 is 0 Å². The predicted octanol–water partition coefficient (Wildman–Crippen LogP) is 11.9. The Bertz CT molecular complexity index is 2020. The summed E-state index contributed by atoms with van der Waals surface area (Å²) in [5.41, 5.74) is 13.7. The summed E-state index contributed by atoms with van der Waals surface area (Å²) in [7, 11) is 0. The summed E-state index contributed by atoms with van der Waals surface area (Å²) in [6.07, 6.45) is 0. The molecule has 1 aliphatic rings. The van der Waals surface area contributed by atoms with Crippen LogP contribution in [0, 0.1) is 0 Å². The smallest absolute Gasteiger partial charge is 0.0540 e. The van der Waals surface area contributed by atoms with Gasteiger partial charge in [0.1, 0.15) is 0 Å². The largest absolute Gasteiger partial charge is 0.310 e. The number of rotatable bonds is 5. The molecule has 0 atom stereocenters. The van der Waals surface area contributed by atoms with E-state index in [1.54, 1.807) is 0 Å². The third-order valence-corrected chi connectivity index (χ3v) is 9.27. The zero-order chi connectivity index (χ0) is 29.7. The Morgan fingerprint density at radius 2 is 0.932 bits per heavy atom. The van der Waals surface area contributed by atoms with E-state index in [2.05, 4.69) is 183 Å². The average Bonchev–Trinajstić information content (AvgIpc) is 3.31. The van der Waals surface area contributed by atoms with Crippen molar-refractivity contribution in [2.45, 2.75) is 19.3 Å². The van der Waals surface area contributed by atoms with Crippen LogP contribution < -0.4 is 4.90 Å². The second-order valence-corrected chi connectivity index (χ2v) is 12.2. The minimum atomic E-state index is -0.0628. The lowest BCUT2D eigenvalue weighted by molar-refractivity contribution is 0.661. The molecule has 1 nitrogen and oxygen atoms in total. The zero-order valence-electron chi connectivity index (χ0n) is 25.0. The van der Waals surface area contributed by atoms with Crippen LogP contribution in [0.15, 0.2) is 164 Å². The van der Waals surface area contributed by atoms with Crippen molar-refractivity contribution >= 4 is 27.8 Å². The molecule has 0 amide bonds. The van der Waals surface area contributed by atoms with E-state index in [-0.39, 0.29) is 5.41 Å². The highest BCUT2D eigenvalue weighted by molar-refractivity contribution is 6.03. The van der Waals surface area contributed by atoms with Gasteiger partial charge in [0, 0.05) is 22.2 Å². The lowest BCUT2D eigenvalue weighted by Gasteiger charge is -2.28. The molecule has 0 aliphatic heterocycles. The third-order valence-electron chi connectivity index (χ3n) is 9.27. The van der Waals surface area contributed by atoms with Crippen molar-refractivity contribution in [2.24, 2.45) is 0 Å². The highest BCUT2D eigenvalue weighted by Gasteiger charge is 2.35. The van der Waals surface area contributed by atoms with E-state index in [1.807, 2.05) is 0 Å². The predicted molar refractivity (Wildman–Crippen MR) is 187 cm³/mol. The van der Waals surface area contributed by atoms with Crippen LogP contribution in [0.3, 0.4) is 0 Å². The van der Waals surface area contributed by atoms with Crippen LogP contribution in [0.5, 0.6) is 0 Å². The highest BCUT2D eigenvalue weighted by atomic mass is 15.1. The summed E-state index contributed by atoms with van der Waals surface area (Å²) in [6, 6.07) is 59.6. The molecule has 0 heterocycles. The van der Waals surface area contributed by atoms with E-state index in [0.717, 1.165) is 11.4 Å². The minimum Gasteiger partial charge on any atom is -0.310 e. The Labute approximate surface area is 259 Å². The van der Waals surface area contributed by atoms with Crippen LogP contribution >= 0.6 is 0 Å². The van der Waals surface area contributed by atoms with Crippen molar-refractivity contribution < 1.29 is 0 Å². The molecule has 210 valence electrons. The number of nitrogens with zero attached hydrogens (tertiary/aromatic N) is 1. The number of fused-ring (bicyclic) bond motifs is 4. The topological polar surface area (TPSA) is 3.24 Å². The summed E-state index contributed by atoms with van der Waals surface area (Å²) < 4.78 is 0. The molecule has 0 N–H and O–H groups in total. The van der Waals surface area contributed by atoms with Crippen molar-refractivity contribution in [1.82, 2.24) is 0 Å². The minimum absolute atomic E-state index is 0.0628. The summed E-state index contributed by atoms with van der Waals surface area (Å²) >= 11 is 0. The van der Waals surface area contributed by atoms with Gasteiger partial charge >= 0.3 is 0 Å². The quantitative estimate of drug-likeness (QED) is 0.201. The molecule has 1 aliphatic carbocycles. The van der Waals surface area contributed by atoms with Crippen molar-refractivity contribution in [3.05, 3.63) is 175 Å². The zero-order valence-corrected chi connectivity index (χ0v) is 25.0. The SMILES string of the molecule is CC1(C)c2ccccc2-c2cc3cccc(N(c4ccc(-c5ccccc5)cc4)c4ccc(-c5ccccc5)cc4)c3cc21. The van der Waals surface area contributed by atoms with Gasteiger partial charge in [-0.3, -0.25) is 0 Å². The summed E-state index contributed by atoms with van der Waals surface area (Å²) in [6.45, 7) is 4.71. The molecule has 0 aromatic heterocycles. The average molecular weight is 564 g/mol. The first kappa shape index (κ1) is 26.2. The van der Waals surface area contributed by atoms with Crippen LogP contribution in [-0.2, 0) is 5.41 Å². The summed E-state index contributed by atoms with van der Waals surface area (Å²) in [5, 5.41) is 2.51. The molecule has 0 radical (unpaired) electrons. The number of hydrogen-bond acceptors (Lipinski definition) is 1. The van der Waals surface area contributed by atoms with Gasteiger partial charge in [-0.15, -0.1) is 0 Å². The van der Waals surface area contributed by atoms with Crippen LogP contribution in [0.4, 0.5) is 17.1 Å². The van der Waals surface area contributed by atoms with Gasteiger partial charge in [-0.1, -0.05) is 135 Å². The van der Waals surface area contributed by atoms with E-state index in [1.165, 1.54) is 61.0 Å². The molecule has 44 heavy (non-hydrogen) atoms. The molecule has 8 rings (SSSR count). The number of hydrogen-bond donors (Lipinski definition) is 0. The first-order valence-corrected chi connectivity index (χ1v) is 15.4. The van der Waals surface area contributed by atoms with Gasteiger partial charge in [-0.2, -0.15) is 0 Å². The third kappa shape index (κ3) is 4.32. The van der Waals surface area contributed by atoms with E-state index in [9.17, 15) is 0 Å². The lowest BCUT2D eigenvalue weighted by Crippen LogP contribution is -2.15. The van der Waals surface area contributed by atoms with Gasteiger partial charge < -0.3 is 4.90 Å². The molecule has 1 heteroatoms. The van der Waals surface area contributed by atoms with Crippen molar-refractivity contribution in [2.75, 3.05) is 4.90 Å². The maximum atomic E-state index is 2.45. The van der Waals surface area contributed by atoms with Crippen LogP contribution in [0.25, 0.3) is 44.2 Å². The summed E-state index contributed by atoms with van der Waals surface area (Å²) in [5.74, 6) is 0. The van der Waals surface area contributed by atoms with E-state index in [0.29, 0.717) is 0 Å². The molecule has 7 aromatic carbocycles. The Balaban J connectivity index is 1.30. The van der Waals surface area contributed by atoms with Gasteiger partial charge in [0.15, 0.2) is 0 Å². The summed E-state index contributed by atoms with van der Waals surface area (Å²) in [4.78, 5) is 2.41. The maximum Gasteiger partial charge on any atom is 0.0540 e. The Hall–Kier alpha value is -5.40. The molecule has 0 bridgehead atoms. The van der Waals surface area contributed by atoms with Crippen LogP contribution in [0.2, 0.25) is 0 Å². The van der Waals surface area contributed by atoms with Crippen molar-refractivity contribution in [3.63, 3.8) is 0 Å². The Kier molecular flexibility index (Phi) is 6.20. The normalized spacial score (nSPS) is 13.0. The Morgan fingerprint density at radius 3 is 1.52 bits per heavy atom. The second-order valence-electron chi connectivity index (χ2n) is 12.2. The first-order valence-electron chi connectivity index (χ1n) is 15.4. The molecule has 0 fully saturated rings. The fourth-order valence-corrected chi connectivity index (χ4v) is 6.95. The van der Waals surface area contributed by atoms with Gasteiger partial charge in [0.05, 0.1) is 5.69 Å². The van der Waals surface area contributed by atoms with E-state index < -0.39 is 0 Å². The van der Waals surface area contributed by atoms with Crippen molar-refractivity contribution in [3.8, 4) is 33.4 Å². The first-order chi connectivity index (χ1) is 21.6. The van der Waals surface area contributed by atoms with Gasteiger partial charge in [-0.05, 0) is 92.4 Å². The maximum absolute atomic E-state index is 2.45. The lowest BCUT2D eigenvalue weighted by atomic mass is 9.82. The molecule has 7 aromatic rings.